The Morgan fingerprint density at radius 1 is 1.16 bits per heavy atom. The number of aryl methyl sites for hydroxylation is 2. The van der Waals surface area contributed by atoms with Crippen molar-refractivity contribution in [1.29, 1.82) is 0 Å². The van der Waals surface area contributed by atoms with Gasteiger partial charge in [-0.1, -0.05) is 25.2 Å². The highest BCUT2D eigenvalue weighted by molar-refractivity contribution is 7.14. The van der Waals surface area contributed by atoms with E-state index in [2.05, 4.69) is 36.3 Å². The van der Waals surface area contributed by atoms with Gasteiger partial charge in [-0.15, -0.1) is 10.2 Å². The predicted octanol–water partition coefficient (Wildman–Crippen LogP) is 3.26. The molecule has 2 aromatic rings. The van der Waals surface area contributed by atoms with E-state index in [1.165, 1.54) is 5.56 Å². The van der Waals surface area contributed by atoms with Crippen LogP contribution in [0.15, 0.2) is 4.42 Å². The lowest BCUT2D eigenvalue weighted by molar-refractivity contribution is 0.503. The summed E-state index contributed by atoms with van der Waals surface area (Å²) in [5, 5.41) is 14.0. The Hall–Kier alpha value is -1.20. The fourth-order valence-electron chi connectivity index (χ4n) is 2.03. The van der Waals surface area contributed by atoms with Crippen LogP contribution in [0.5, 0.6) is 0 Å². The van der Waals surface area contributed by atoms with Gasteiger partial charge < -0.3 is 9.73 Å². The zero-order valence-electron chi connectivity index (χ0n) is 12.2. The molecule has 2 aromatic heterocycles. The molecule has 104 valence electrons. The van der Waals surface area contributed by atoms with Gasteiger partial charge in [0, 0.05) is 24.6 Å². The monoisotopic (exact) mass is 279 g/mol. The largest absolute Gasteiger partial charge is 0.466 e. The average molecular weight is 279 g/mol. The summed E-state index contributed by atoms with van der Waals surface area (Å²) >= 11 is 1.66. The minimum Gasteiger partial charge on any atom is -0.466 e. The molecule has 0 aliphatic carbocycles. The van der Waals surface area contributed by atoms with E-state index in [9.17, 15) is 0 Å². The van der Waals surface area contributed by atoms with Crippen LogP contribution < -0.4 is 5.32 Å². The lowest BCUT2D eigenvalue weighted by Crippen LogP contribution is -2.24. The highest BCUT2D eigenvalue weighted by Crippen LogP contribution is 2.33. The number of hydrogen-bond donors (Lipinski definition) is 1. The zero-order chi connectivity index (χ0) is 14.0. The highest BCUT2D eigenvalue weighted by atomic mass is 32.1. The van der Waals surface area contributed by atoms with Crippen molar-refractivity contribution in [2.24, 2.45) is 0 Å². The van der Waals surface area contributed by atoms with Crippen molar-refractivity contribution in [1.82, 2.24) is 15.5 Å². The Labute approximate surface area is 118 Å². The summed E-state index contributed by atoms with van der Waals surface area (Å²) in [6, 6.07) is 0.508. The van der Waals surface area contributed by atoms with Gasteiger partial charge in [0.15, 0.2) is 5.01 Å². The molecule has 2 rings (SSSR count). The molecule has 0 bridgehead atoms. The summed E-state index contributed by atoms with van der Waals surface area (Å²) < 4.78 is 5.65. The van der Waals surface area contributed by atoms with E-state index in [0.29, 0.717) is 6.04 Å². The Kier molecular flexibility index (Phi) is 4.37. The van der Waals surface area contributed by atoms with Crippen molar-refractivity contribution in [3.05, 3.63) is 22.1 Å². The molecule has 0 amide bonds. The molecule has 0 aliphatic rings. The molecule has 0 fully saturated rings. The van der Waals surface area contributed by atoms with E-state index < -0.39 is 0 Å². The van der Waals surface area contributed by atoms with Gasteiger partial charge >= 0.3 is 0 Å². The van der Waals surface area contributed by atoms with Crippen LogP contribution in [-0.2, 0) is 6.42 Å². The SMILES string of the molecule is Cc1oc(C)c(-c2nnc(CCNC(C)C)s2)c1C. The summed E-state index contributed by atoms with van der Waals surface area (Å²) in [7, 11) is 0. The molecule has 4 nitrogen and oxygen atoms in total. The van der Waals surface area contributed by atoms with Gasteiger partial charge in [-0.25, -0.2) is 0 Å². The van der Waals surface area contributed by atoms with Crippen molar-refractivity contribution in [3.8, 4) is 10.6 Å². The lowest BCUT2D eigenvalue weighted by atomic mass is 10.1. The topological polar surface area (TPSA) is 51.0 Å². The van der Waals surface area contributed by atoms with Gasteiger partial charge in [0.1, 0.15) is 16.5 Å². The Morgan fingerprint density at radius 2 is 1.89 bits per heavy atom. The standard InChI is InChI=1S/C14H21N3OS/c1-8(2)15-7-6-12-16-17-14(19-12)13-9(3)10(4)18-11(13)5/h8,15H,6-7H2,1-5H3. The maximum Gasteiger partial charge on any atom is 0.151 e. The third-order valence-electron chi connectivity index (χ3n) is 3.13. The smallest absolute Gasteiger partial charge is 0.151 e. The second-order valence-corrected chi connectivity index (χ2v) is 6.14. The van der Waals surface area contributed by atoms with Crippen LogP contribution in [-0.4, -0.2) is 22.8 Å². The first kappa shape index (κ1) is 14.2. The van der Waals surface area contributed by atoms with Crippen LogP contribution in [0.3, 0.4) is 0 Å². The number of hydrogen-bond acceptors (Lipinski definition) is 5. The molecule has 0 saturated heterocycles. The maximum absolute atomic E-state index is 5.65. The van der Waals surface area contributed by atoms with Crippen LogP contribution in [0.1, 0.15) is 35.9 Å². The van der Waals surface area contributed by atoms with E-state index in [1.54, 1.807) is 11.3 Å². The highest BCUT2D eigenvalue weighted by Gasteiger charge is 2.17. The van der Waals surface area contributed by atoms with E-state index >= 15 is 0 Å². The molecule has 5 heteroatoms. The maximum atomic E-state index is 5.65. The summed E-state index contributed by atoms with van der Waals surface area (Å²) in [6.07, 6.45) is 0.921. The Morgan fingerprint density at radius 3 is 2.47 bits per heavy atom. The summed E-state index contributed by atoms with van der Waals surface area (Å²) in [5.74, 6) is 1.89. The van der Waals surface area contributed by atoms with Gasteiger partial charge in [-0.2, -0.15) is 0 Å². The van der Waals surface area contributed by atoms with Crippen molar-refractivity contribution in [2.45, 2.75) is 47.1 Å². The van der Waals surface area contributed by atoms with E-state index in [0.717, 1.165) is 40.1 Å². The first-order valence-corrected chi connectivity index (χ1v) is 7.43. The molecule has 0 aliphatic heterocycles. The molecule has 0 radical (unpaired) electrons. The first-order chi connectivity index (χ1) is 8.99. The normalized spacial score (nSPS) is 11.5. The van der Waals surface area contributed by atoms with E-state index in [1.807, 2.05) is 13.8 Å². The Bertz CT molecular complexity index is 557. The second kappa shape index (κ2) is 5.84. The molecular weight excluding hydrogens is 258 g/mol. The number of aromatic nitrogens is 2. The van der Waals surface area contributed by atoms with Crippen LogP contribution in [0.25, 0.3) is 10.6 Å². The lowest BCUT2D eigenvalue weighted by Gasteiger charge is -2.05. The molecule has 0 spiro atoms. The van der Waals surface area contributed by atoms with Gasteiger partial charge in [-0.3, -0.25) is 0 Å². The molecule has 0 saturated carbocycles. The molecule has 0 atom stereocenters. The number of nitrogens with one attached hydrogen (secondary N) is 1. The van der Waals surface area contributed by atoms with E-state index in [-0.39, 0.29) is 0 Å². The van der Waals surface area contributed by atoms with Crippen LogP contribution in [0.2, 0.25) is 0 Å². The molecule has 2 heterocycles. The Balaban J connectivity index is 2.12. The third kappa shape index (κ3) is 3.22. The van der Waals surface area contributed by atoms with Crippen LogP contribution in [0, 0.1) is 20.8 Å². The molecule has 19 heavy (non-hydrogen) atoms. The van der Waals surface area contributed by atoms with Crippen molar-refractivity contribution < 1.29 is 4.42 Å². The first-order valence-electron chi connectivity index (χ1n) is 6.61. The van der Waals surface area contributed by atoms with Crippen LogP contribution >= 0.6 is 11.3 Å². The molecule has 0 unspecified atom stereocenters. The van der Waals surface area contributed by atoms with Crippen molar-refractivity contribution in [2.75, 3.05) is 6.54 Å². The quantitative estimate of drug-likeness (QED) is 0.912. The van der Waals surface area contributed by atoms with Crippen molar-refractivity contribution in [3.63, 3.8) is 0 Å². The average Bonchev–Trinajstić information content (AvgIpc) is 2.85. The predicted molar refractivity (Wildman–Crippen MR) is 78.7 cm³/mol. The second-order valence-electron chi connectivity index (χ2n) is 5.07. The minimum absolute atomic E-state index is 0.508. The number of nitrogens with zero attached hydrogens (tertiary/aromatic N) is 2. The minimum atomic E-state index is 0.508. The fraction of sp³-hybridized carbons (Fsp3) is 0.571. The summed E-state index contributed by atoms with van der Waals surface area (Å²) in [6.45, 7) is 11.3. The fourth-order valence-corrected chi connectivity index (χ4v) is 3.02. The number of furan rings is 1. The summed E-state index contributed by atoms with van der Waals surface area (Å²) in [4.78, 5) is 0. The molecule has 1 N–H and O–H groups in total. The summed E-state index contributed by atoms with van der Waals surface area (Å²) in [5.41, 5.74) is 2.28. The number of rotatable bonds is 5. The zero-order valence-corrected chi connectivity index (χ0v) is 13.0. The third-order valence-corrected chi connectivity index (χ3v) is 4.13. The van der Waals surface area contributed by atoms with Gasteiger partial charge in [0.25, 0.3) is 0 Å². The van der Waals surface area contributed by atoms with E-state index in [4.69, 9.17) is 4.42 Å². The van der Waals surface area contributed by atoms with Gasteiger partial charge in [0.05, 0.1) is 5.56 Å². The van der Waals surface area contributed by atoms with Crippen LogP contribution in [0.4, 0.5) is 0 Å². The molecular formula is C14H21N3OS. The van der Waals surface area contributed by atoms with Gasteiger partial charge in [-0.05, 0) is 20.8 Å². The van der Waals surface area contributed by atoms with Crippen molar-refractivity contribution >= 4 is 11.3 Å². The molecule has 0 aromatic carbocycles. The van der Waals surface area contributed by atoms with Gasteiger partial charge in [0.2, 0.25) is 0 Å².